The van der Waals surface area contributed by atoms with Gasteiger partial charge in [0.25, 0.3) is 0 Å². The monoisotopic (exact) mass is 338 g/mol. The molecular formula is C17H17F3N2O2. The fraction of sp³-hybridized carbons (Fsp3) is 0.294. The van der Waals surface area contributed by atoms with Crippen LogP contribution in [0.15, 0.2) is 36.5 Å². The molecule has 0 aliphatic rings. The molecule has 0 spiro atoms. The zero-order valence-electron chi connectivity index (χ0n) is 13.4. The minimum Gasteiger partial charge on any atom is -0.478 e. The molecule has 4 nitrogen and oxygen atoms in total. The summed E-state index contributed by atoms with van der Waals surface area (Å²) in [6, 6.07) is 6.78. The number of carbonyl (C=O) groups is 1. The van der Waals surface area contributed by atoms with E-state index >= 15 is 0 Å². The lowest BCUT2D eigenvalue weighted by atomic mass is 10.1. The number of anilines is 2. The molecule has 0 amide bonds. The lowest BCUT2D eigenvalue weighted by Crippen LogP contribution is -2.27. The number of carboxylic acids is 1. The maximum absolute atomic E-state index is 13.1. The number of nitrogens with zero attached hydrogens (tertiary/aromatic N) is 2. The first-order valence-corrected chi connectivity index (χ1v) is 7.27. The summed E-state index contributed by atoms with van der Waals surface area (Å²) in [6.45, 7) is 5.05. The Morgan fingerprint density at radius 2 is 1.88 bits per heavy atom. The van der Waals surface area contributed by atoms with Gasteiger partial charge in [0.1, 0.15) is 5.82 Å². The molecule has 0 aliphatic carbocycles. The molecule has 1 N–H and O–H groups in total. The Morgan fingerprint density at radius 3 is 2.33 bits per heavy atom. The molecule has 2 aromatic rings. The second-order valence-electron chi connectivity index (χ2n) is 5.67. The predicted octanol–water partition coefficient (Wildman–Crippen LogP) is 4.65. The summed E-state index contributed by atoms with van der Waals surface area (Å²) in [4.78, 5) is 16.6. The molecule has 0 saturated carbocycles. The van der Waals surface area contributed by atoms with Crippen LogP contribution in [0.4, 0.5) is 24.7 Å². The molecule has 0 aliphatic heterocycles. The quantitative estimate of drug-likeness (QED) is 0.881. The van der Waals surface area contributed by atoms with Crippen LogP contribution in [-0.2, 0) is 6.18 Å². The molecule has 1 aromatic carbocycles. The third kappa shape index (κ3) is 3.67. The van der Waals surface area contributed by atoms with Gasteiger partial charge in [-0.2, -0.15) is 13.2 Å². The SMILES string of the molecule is Cc1ccc(N(c2ccc(C(=O)O)cn2)C(C)C)cc1C(F)(F)F. The van der Waals surface area contributed by atoms with Crippen LogP contribution in [0.5, 0.6) is 0 Å². The summed E-state index contributed by atoms with van der Waals surface area (Å²) in [6.07, 6.45) is -3.25. The van der Waals surface area contributed by atoms with Gasteiger partial charge in [0.05, 0.1) is 11.1 Å². The second-order valence-corrected chi connectivity index (χ2v) is 5.67. The number of hydrogen-bond donors (Lipinski definition) is 1. The molecule has 0 bridgehead atoms. The Morgan fingerprint density at radius 1 is 1.21 bits per heavy atom. The molecule has 0 unspecified atom stereocenters. The Bertz CT molecular complexity index is 740. The number of aromatic carboxylic acids is 1. The number of benzene rings is 1. The average molecular weight is 338 g/mol. The fourth-order valence-electron chi connectivity index (χ4n) is 2.42. The molecule has 128 valence electrons. The van der Waals surface area contributed by atoms with Crippen molar-refractivity contribution in [1.82, 2.24) is 4.98 Å². The summed E-state index contributed by atoms with van der Waals surface area (Å²) in [7, 11) is 0. The van der Waals surface area contributed by atoms with E-state index in [4.69, 9.17) is 5.11 Å². The van der Waals surface area contributed by atoms with Crippen molar-refractivity contribution in [2.45, 2.75) is 33.0 Å². The molecule has 1 aromatic heterocycles. The molecule has 7 heteroatoms. The van der Waals surface area contributed by atoms with Crippen molar-refractivity contribution in [3.8, 4) is 0 Å². The topological polar surface area (TPSA) is 53.4 Å². The third-order valence-electron chi connectivity index (χ3n) is 3.56. The smallest absolute Gasteiger partial charge is 0.416 e. The van der Waals surface area contributed by atoms with Crippen molar-refractivity contribution < 1.29 is 23.1 Å². The molecule has 0 atom stereocenters. The molecular weight excluding hydrogens is 321 g/mol. The Balaban J connectivity index is 2.50. The highest BCUT2D eigenvalue weighted by Gasteiger charge is 2.33. The lowest BCUT2D eigenvalue weighted by molar-refractivity contribution is -0.138. The van der Waals surface area contributed by atoms with E-state index in [-0.39, 0.29) is 17.2 Å². The second kappa shape index (κ2) is 6.51. The number of rotatable bonds is 4. The average Bonchev–Trinajstić information content (AvgIpc) is 2.48. The number of hydrogen-bond acceptors (Lipinski definition) is 3. The maximum Gasteiger partial charge on any atom is 0.416 e. The Kier molecular flexibility index (Phi) is 4.82. The number of carboxylic acid groups (broad SMARTS) is 1. The fourth-order valence-corrected chi connectivity index (χ4v) is 2.42. The van der Waals surface area contributed by atoms with Crippen molar-refractivity contribution in [3.05, 3.63) is 53.2 Å². The van der Waals surface area contributed by atoms with Gasteiger partial charge in [-0.3, -0.25) is 0 Å². The van der Waals surface area contributed by atoms with Crippen LogP contribution in [0.2, 0.25) is 0 Å². The predicted molar refractivity (Wildman–Crippen MR) is 84.7 cm³/mol. The van der Waals surface area contributed by atoms with Crippen LogP contribution in [0.1, 0.15) is 35.3 Å². The van der Waals surface area contributed by atoms with Gasteiger partial charge in [-0.1, -0.05) is 6.07 Å². The normalized spacial score (nSPS) is 11.6. The molecule has 0 fully saturated rings. The van der Waals surface area contributed by atoms with Gasteiger partial charge in [0.2, 0.25) is 0 Å². The van der Waals surface area contributed by atoms with E-state index in [0.29, 0.717) is 11.5 Å². The molecule has 0 radical (unpaired) electrons. The van der Waals surface area contributed by atoms with Crippen molar-refractivity contribution >= 4 is 17.5 Å². The molecule has 24 heavy (non-hydrogen) atoms. The van der Waals surface area contributed by atoms with Gasteiger partial charge in [-0.05, 0) is 50.6 Å². The largest absolute Gasteiger partial charge is 0.478 e. The number of pyridine rings is 1. The molecule has 2 rings (SSSR count). The van der Waals surface area contributed by atoms with Crippen LogP contribution in [0.25, 0.3) is 0 Å². The van der Waals surface area contributed by atoms with Crippen molar-refractivity contribution in [2.24, 2.45) is 0 Å². The van der Waals surface area contributed by atoms with Crippen LogP contribution >= 0.6 is 0 Å². The summed E-state index contributed by atoms with van der Waals surface area (Å²) in [5.41, 5.74) is -0.196. The minimum atomic E-state index is -4.44. The highest BCUT2D eigenvalue weighted by Crippen LogP contribution is 2.36. The van der Waals surface area contributed by atoms with Gasteiger partial charge >= 0.3 is 12.1 Å². The van der Waals surface area contributed by atoms with Crippen LogP contribution in [0, 0.1) is 6.92 Å². The standard InChI is InChI=1S/C17H17F3N2O2/c1-10(2)22(15-7-5-12(9-21-15)16(23)24)13-6-4-11(3)14(8-13)17(18,19)20/h4-10H,1-3H3,(H,23,24). The highest BCUT2D eigenvalue weighted by atomic mass is 19.4. The van der Waals surface area contributed by atoms with Gasteiger partial charge < -0.3 is 10.0 Å². The Hall–Kier alpha value is -2.57. The van der Waals surface area contributed by atoms with Crippen molar-refractivity contribution in [2.75, 3.05) is 4.90 Å². The number of aryl methyl sites for hydroxylation is 1. The third-order valence-corrected chi connectivity index (χ3v) is 3.56. The van der Waals surface area contributed by atoms with E-state index in [9.17, 15) is 18.0 Å². The van der Waals surface area contributed by atoms with E-state index in [0.717, 1.165) is 6.07 Å². The van der Waals surface area contributed by atoms with E-state index < -0.39 is 17.7 Å². The highest BCUT2D eigenvalue weighted by molar-refractivity contribution is 5.87. The number of aromatic nitrogens is 1. The zero-order chi connectivity index (χ0) is 18.1. The van der Waals surface area contributed by atoms with Crippen molar-refractivity contribution in [1.29, 1.82) is 0 Å². The molecule has 0 saturated heterocycles. The van der Waals surface area contributed by atoms with E-state index in [1.54, 1.807) is 11.0 Å². The van der Waals surface area contributed by atoms with E-state index in [1.807, 2.05) is 13.8 Å². The van der Waals surface area contributed by atoms with E-state index in [1.165, 1.54) is 31.3 Å². The first kappa shape index (κ1) is 17.8. The van der Waals surface area contributed by atoms with Crippen LogP contribution in [-0.4, -0.2) is 22.1 Å². The van der Waals surface area contributed by atoms with Crippen molar-refractivity contribution in [3.63, 3.8) is 0 Å². The van der Waals surface area contributed by atoms with Crippen LogP contribution in [0.3, 0.4) is 0 Å². The summed E-state index contributed by atoms with van der Waals surface area (Å²) in [5.74, 6) is -0.730. The maximum atomic E-state index is 13.1. The first-order valence-electron chi connectivity index (χ1n) is 7.27. The number of alkyl halides is 3. The zero-order valence-corrected chi connectivity index (χ0v) is 13.4. The first-order chi connectivity index (χ1) is 11.1. The Labute approximate surface area is 137 Å². The van der Waals surface area contributed by atoms with Gasteiger partial charge in [-0.25, -0.2) is 9.78 Å². The summed E-state index contributed by atoms with van der Waals surface area (Å²) < 4.78 is 39.4. The summed E-state index contributed by atoms with van der Waals surface area (Å²) in [5, 5.41) is 8.92. The van der Waals surface area contributed by atoms with E-state index in [2.05, 4.69) is 4.98 Å². The lowest BCUT2D eigenvalue weighted by Gasteiger charge is -2.29. The number of halogens is 3. The van der Waals surface area contributed by atoms with Gasteiger partial charge in [0, 0.05) is 17.9 Å². The summed E-state index contributed by atoms with van der Waals surface area (Å²) >= 11 is 0. The van der Waals surface area contributed by atoms with Crippen LogP contribution < -0.4 is 4.90 Å². The van der Waals surface area contributed by atoms with Gasteiger partial charge in [0.15, 0.2) is 0 Å². The van der Waals surface area contributed by atoms with Gasteiger partial charge in [-0.15, -0.1) is 0 Å². The minimum absolute atomic E-state index is 0.0161. The molecule has 1 heterocycles.